The molecule has 1 aliphatic heterocycles. The Labute approximate surface area is 65.0 Å². The van der Waals surface area contributed by atoms with Gasteiger partial charge in [-0.15, -0.1) is 0 Å². The monoisotopic (exact) mass is 151 g/mol. The quantitative estimate of drug-likeness (QED) is 0.550. The summed E-state index contributed by atoms with van der Waals surface area (Å²) in [7, 11) is 0. The van der Waals surface area contributed by atoms with Crippen LogP contribution < -0.4 is 0 Å². The van der Waals surface area contributed by atoms with Crippen LogP contribution in [0.1, 0.15) is 6.42 Å². The molecule has 1 amide bonds. The van der Waals surface area contributed by atoms with Gasteiger partial charge >= 0.3 is 0 Å². The second-order valence-electron chi connectivity index (χ2n) is 2.27. The number of amides is 1. The molecule has 3 nitrogen and oxygen atoms in total. The first kappa shape index (κ1) is 7.72. The van der Waals surface area contributed by atoms with E-state index in [1.807, 2.05) is 0 Å². The van der Waals surface area contributed by atoms with Crippen molar-refractivity contribution < 1.29 is 9.59 Å². The molecule has 0 aromatic rings. The number of aldehydes is 1. The van der Waals surface area contributed by atoms with Crippen LogP contribution >= 0.6 is 0 Å². The summed E-state index contributed by atoms with van der Waals surface area (Å²) in [5.74, 6) is -0.0862. The Bertz CT molecular complexity index is 212. The Balaban J connectivity index is 2.52. The molecule has 0 N–H and O–H groups in total. The van der Waals surface area contributed by atoms with E-state index in [-0.39, 0.29) is 5.91 Å². The van der Waals surface area contributed by atoms with Crippen molar-refractivity contribution in [2.75, 3.05) is 6.54 Å². The minimum atomic E-state index is -0.0862. The van der Waals surface area contributed by atoms with Gasteiger partial charge in [-0.3, -0.25) is 4.79 Å². The van der Waals surface area contributed by atoms with Gasteiger partial charge in [-0.1, -0.05) is 6.58 Å². The number of rotatable bonds is 3. The van der Waals surface area contributed by atoms with Gasteiger partial charge in [0, 0.05) is 24.7 Å². The SMILES string of the molecule is C=C1C=CC(=O)N1CCC=O. The summed E-state index contributed by atoms with van der Waals surface area (Å²) < 4.78 is 0. The highest BCUT2D eigenvalue weighted by Gasteiger charge is 2.16. The largest absolute Gasteiger partial charge is 0.309 e. The summed E-state index contributed by atoms with van der Waals surface area (Å²) in [6.07, 6.45) is 4.26. The van der Waals surface area contributed by atoms with Crippen LogP contribution in [-0.2, 0) is 9.59 Å². The number of hydrogen-bond donors (Lipinski definition) is 0. The van der Waals surface area contributed by atoms with E-state index in [9.17, 15) is 9.59 Å². The van der Waals surface area contributed by atoms with E-state index in [0.717, 1.165) is 6.29 Å². The Morgan fingerprint density at radius 3 is 2.73 bits per heavy atom. The van der Waals surface area contributed by atoms with Crippen LogP contribution in [0.3, 0.4) is 0 Å². The van der Waals surface area contributed by atoms with Crippen molar-refractivity contribution in [3.8, 4) is 0 Å². The average molecular weight is 151 g/mol. The van der Waals surface area contributed by atoms with Gasteiger partial charge in [-0.2, -0.15) is 0 Å². The van der Waals surface area contributed by atoms with Gasteiger partial charge in [0.05, 0.1) is 0 Å². The summed E-state index contributed by atoms with van der Waals surface area (Å²) in [5, 5.41) is 0. The molecule has 1 rings (SSSR count). The third kappa shape index (κ3) is 1.55. The molecular formula is C8H9NO2. The lowest BCUT2D eigenvalue weighted by Gasteiger charge is -2.14. The predicted molar refractivity (Wildman–Crippen MR) is 40.7 cm³/mol. The van der Waals surface area contributed by atoms with Crippen molar-refractivity contribution >= 4 is 12.2 Å². The third-order valence-corrected chi connectivity index (χ3v) is 1.50. The number of carbonyl (C=O) groups is 2. The molecule has 11 heavy (non-hydrogen) atoms. The zero-order valence-corrected chi connectivity index (χ0v) is 6.12. The van der Waals surface area contributed by atoms with E-state index in [1.165, 1.54) is 11.0 Å². The zero-order chi connectivity index (χ0) is 8.27. The first-order valence-corrected chi connectivity index (χ1v) is 3.38. The van der Waals surface area contributed by atoms with Gasteiger partial charge in [0.25, 0.3) is 5.91 Å². The third-order valence-electron chi connectivity index (χ3n) is 1.50. The summed E-state index contributed by atoms with van der Waals surface area (Å²) >= 11 is 0. The molecule has 0 radical (unpaired) electrons. The standard InChI is InChI=1S/C8H9NO2/c1-7-3-4-8(11)9(7)5-2-6-10/h3-4,6H,1-2,5H2. The van der Waals surface area contributed by atoms with Crippen molar-refractivity contribution in [2.45, 2.75) is 6.42 Å². The van der Waals surface area contributed by atoms with Gasteiger partial charge in [-0.25, -0.2) is 0 Å². The van der Waals surface area contributed by atoms with Crippen molar-refractivity contribution in [2.24, 2.45) is 0 Å². The summed E-state index contributed by atoms with van der Waals surface area (Å²) in [6.45, 7) is 4.08. The maximum atomic E-state index is 11.0. The first-order valence-electron chi connectivity index (χ1n) is 3.38. The van der Waals surface area contributed by atoms with Crippen molar-refractivity contribution in [1.82, 2.24) is 4.90 Å². The van der Waals surface area contributed by atoms with Crippen LogP contribution in [0.5, 0.6) is 0 Å². The minimum Gasteiger partial charge on any atom is -0.309 e. The van der Waals surface area contributed by atoms with Crippen molar-refractivity contribution in [1.29, 1.82) is 0 Å². The molecule has 58 valence electrons. The molecular weight excluding hydrogens is 142 g/mol. The van der Waals surface area contributed by atoms with Gasteiger partial charge in [0.15, 0.2) is 0 Å². The Morgan fingerprint density at radius 1 is 1.55 bits per heavy atom. The van der Waals surface area contributed by atoms with E-state index in [2.05, 4.69) is 6.58 Å². The molecule has 3 heteroatoms. The van der Waals surface area contributed by atoms with Crippen molar-refractivity contribution in [3.63, 3.8) is 0 Å². The predicted octanol–water partition coefficient (Wildman–Crippen LogP) is 0.488. The lowest BCUT2D eigenvalue weighted by molar-refractivity contribution is -0.123. The fourth-order valence-electron chi connectivity index (χ4n) is 0.925. The lowest BCUT2D eigenvalue weighted by Crippen LogP contribution is -2.24. The second kappa shape index (κ2) is 3.14. The summed E-state index contributed by atoms with van der Waals surface area (Å²) in [4.78, 5) is 22.4. The molecule has 1 aliphatic rings. The second-order valence-corrected chi connectivity index (χ2v) is 2.27. The summed E-state index contributed by atoms with van der Waals surface area (Å²) in [5.41, 5.74) is 0.664. The van der Waals surface area contributed by atoms with E-state index >= 15 is 0 Å². The smallest absolute Gasteiger partial charge is 0.251 e. The van der Waals surface area contributed by atoms with E-state index in [0.29, 0.717) is 18.7 Å². The van der Waals surface area contributed by atoms with Crippen molar-refractivity contribution in [3.05, 3.63) is 24.4 Å². The number of carbonyl (C=O) groups excluding carboxylic acids is 2. The molecule has 0 saturated carbocycles. The number of hydrogen-bond acceptors (Lipinski definition) is 2. The van der Waals surface area contributed by atoms with E-state index in [4.69, 9.17) is 0 Å². The molecule has 0 fully saturated rings. The highest BCUT2D eigenvalue weighted by Crippen LogP contribution is 2.12. The molecule has 0 aromatic heterocycles. The fraction of sp³-hybridized carbons (Fsp3) is 0.250. The van der Waals surface area contributed by atoms with E-state index in [1.54, 1.807) is 6.08 Å². The first-order chi connectivity index (χ1) is 5.25. The fourth-order valence-corrected chi connectivity index (χ4v) is 0.925. The topological polar surface area (TPSA) is 37.4 Å². The molecule has 0 spiro atoms. The highest BCUT2D eigenvalue weighted by molar-refractivity contribution is 5.93. The minimum absolute atomic E-state index is 0.0862. The Morgan fingerprint density at radius 2 is 2.27 bits per heavy atom. The maximum absolute atomic E-state index is 11.0. The van der Waals surface area contributed by atoms with Crippen LogP contribution in [0.15, 0.2) is 24.4 Å². The number of allylic oxidation sites excluding steroid dienone is 1. The number of nitrogens with zero attached hydrogens (tertiary/aromatic N) is 1. The molecule has 0 saturated heterocycles. The average Bonchev–Trinajstić information content (AvgIpc) is 2.29. The zero-order valence-electron chi connectivity index (χ0n) is 6.12. The van der Waals surface area contributed by atoms with Crippen LogP contribution in [0.25, 0.3) is 0 Å². The van der Waals surface area contributed by atoms with Crippen LogP contribution in [0, 0.1) is 0 Å². The van der Waals surface area contributed by atoms with Gasteiger partial charge in [0.1, 0.15) is 6.29 Å². The van der Waals surface area contributed by atoms with Gasteiger partial charge in [0.2, 0.25) is 0 Å². The molecule has 1 heterocycles. The van der Waals surface area contributed by atoms with Crippen LogP contribution in [0.2, 0.25) is 0 Å². The molecule has 0 unspecified atom stereocenters. The Hall–Kier alpha value is -1.38. The molecule has 0 atom stereocenters. The normalized spacial score (nSPS) is 16.2. The van der Waals surface area contributed by atoms with E-state index < -0.39 is 0 Å². The lowest BCUT2D eigenvalue weighted by atomic mass is 10.4. The molecule has 0 aromatic carbocycles. The van der Waals surface area contributed by atoms with Gasteiger partial charge in [-0.05, 0) is 6.08 Å². The highest BCUT2D eigenvalue weighted by atomic mass is 16.2. The van der Waals surface area contributed by atoms with Gasteiger partial charge < -0.3 is 9.69 Å². The van der Waals surface area contributed by atoms with Crippen LogP contribution in [0.4, 0.5) is 0 Å². The molecule has 0 bridgehead atoms. The summed E-state index contributed by atoms with van der Waals surface area (Å²) in [6, 6.07) is 0. The maximum Gasteiger partial charge on any atom is 0.251 e. The molecule has 0 aliphatic carbocycles. The Kier molecular flexibility index (Phi) is 2.21. The van der Waals surface area contributed by atoms with Crippen LogP contribution in [-0.4, -0.2) is 23.6 Å².